The van der Waals surface area contributed by atoms with Crippen molar-refractivity contribution in [3.8, 4) is 11.5 Å². The Morgan fingerprint density at radius 2 is 1.78 bits per heavy atom. The van der Waals surface area contributed by atoms with Gasteiger partial charge in [0.25, 0.3) is 0 Å². The van der Waals surface area contributed by atoms with Crippen LogP contribution in [0.1, 0.15) is 24.8 Å². The third kappa shape index (κ3) is 6.73. The van der Waals surface area contributed by atoms with Crippen molar-refractivity contribution in [2.24, 2.45) is 0 Å². The molecule has 2 aromatic carbocycles. The van der Waals surface area contributed by atoms with E-state index in [1.807, 2.05) is 61.5 Å². The first-order chi connectivity index (χ1) is 15.4. The van der Waals surface area contributed by atoms with Gasteiger partial charge in [-0.2, -0.15) is 0 Å². The number of benzene rings is 2. The van der Waals surface area contributed by atoms with Crippen molar-refractivity contribution < 1.29 is 29.0 Å². The van der Waals surface area contributed by atoms with Crippen LogP contribution in [0.3, 0.4) is 0 Å². The minimum atomic E-state index is -1.09. The number of nitrogens with one attached hydrogen (secondary N) is 1. The molecule has 8 heteroatoms. The van der Waals surface area contributed by atoms with Crippen molar-refractivity contribution >= 4 is 17.8 Å². The van der Waals surface area contributed by atoms with E-state index < -0.39 is 24.0 Å². The molecular formula is C24H28N2O6. The Labute approximate surface area is 187 Å². The summed E-state index contributed by atoms with van der Waals surface area (Å²) in [6, 6.07) is 15.8. The maximum Gasteiger partial charge on any atom is 0.326 e. The number of hydrogen-bond donors (Lipinski definition) is 2. The maximum absolute atomic E-state index is 12.6. The SMILES string of the molecule is Cc1ccc(OC2C[C@H](C(=O)O)N(C(=O)CNC(=O)CCCOc3ccccc3)C2)cc1. The molecule has 0 aliphatic carbocycles. The molecule has 2 amide bonds. The Morgan fingerprint density at radius 1 is 1.06 bits per heavy atom. The van der Waals surface area contributed by atoms with Gasteiger partial charge in [0.05, 0.1) is 19.7 Å². The van der Waals surface area contributed by atoms with Crippen molar-refractivity contribution in [3.63, 3.8) is 0 Å². The van der Waals surface area contributed by atoms with E-state index in [1.165, 1.54) is 4.90 Å². The minimum absolute atomic E-state index is 0.157. The van der Waals surface area contributed by atoms with E-state index in [2.05, 4.69) is 5.32 Å². The molecule has 1 aliphatic heterocycles. The topological polar surface area (TPSA) is 105 Å². The summed E-state index contributed by atoms with van der Waals surface area (Å²) >= 11 is 0. The zero-order chi connectivity index (χ0) is 22.9. The number of carboxylic acid groups (broad SMARTS) is 1. The Hall–Kier alpha value is -3.55. The molecule has 1 unspecified atom stereocenters. The molecule has 0 radical (unpaired) electrons. The standard InChI is InChI=1S/C24H28N2O6/c1-17-9-11-19(12-10-17)32-20-14-21(24(29)30)26(16-20)23(28)15-25-22(27)8-5-13-31-18-6-3-2-4-7-18/h2-4,6-7,9-12,20-21H,5,8,13-16H2,1H3,(H,25,27)(H,29,30)/t20?,21-/m1/s1. The smallest absolute Gasteiger partial charge is 0.326 e. The molecule has 1 heterocycles. The molecule has 1 aliphatic rings. The van der Waals surface area contributed by atoms with Crippen molar-refractivity contribution in [3.05, 3.63) is 60.2 Å². The number of carboxylic acids is 1. The second kappa shape index (κ2) is 11.2. The Morgan fingerprint density at radius 3 is 2.47 bits per heavy atom. The monoisotopic (exact) mass is 440 g/mol. The van der Waals surface area contributed by atoms with E-state index in [1.54, 1.807) is 0 Å². The number of carbonyl (C=O) groups excluding carboxylic acids is 2. The molecule has 2 aromatic rings. The van der Waals surface area contributed by atoms with Crippen molar-refractivity contribution in [2.75, 3.05) is 19.7 Å². The summed E-state index contributed by atoms with van der Waals surface area (Å²) in [7, 11) is 0. The van der Waals surface area contributed by atoms with Crippen LogP contribution in [0.4, 0.5) is 0 Å². The molecule has 0 spiro atoms. The van der Waals surface area contributed by atoms with E-state index >= 15 is 0 Å². The third-order valence-electron chi connectivity index (χ3n) is 5.19. The summed E-state index contributed by atoms with van der Waals surface area (Å²) in [6.45, 7) is 2.26. The first-order valence-electron chi connectivity index (χ1n) is 10.6. The molecule has 1 fully saturated rings. The van der Waals surface area contributed by atoms with Gasteiger partial charge in [0.15, 0.2) is 0 Å². The van der Waals surface area contributed by atoms with E-state index in [0.29, 0.717) is 18.8 Å². The van der Waals surface area contributed by atoms with Gasteiger partial charge in [0, 0.05) is 12.8 Å². The normalized spacial score (nSPS) is 17.6. The Kier molecular flexibility index (Phi) is 8.08. The van der Waals surface area contributed by atoms with Gasteiger partial charge in [-0.15, -0.1) is 0 Å². The first kappa shape index (κ1) is 23.1. The third-order valence-corrected chi connectivity index (χ3v) is 5.19. The van der Waals surface area contributed by atoms with E-state index in [-0.39, 0.29) is 31.8 Å². The molecule has 3 rings (SSSR count). The lowest BCUT2D eigenvalue weighted by molar-refractivity contribution is -0.148. The van der Waals surface area contributed by atoms with Crippen LogP contribution in [0.2, 0.25) is 0 Å². The fourth-order valence-corrected chi connectivity index (χ4v) is 3.51. The summed E-state index contributed by atoms with van der Waals surface area (Å²) < 4.78 is 11.4. The highest BCUT2D eigenvalue weighted by Crippen LogP contribution is 2.23. The second-order valence-electron chi connectivity index (χ2n) is 7.73. The number of carbonyl (C=O) groups is 3. The summed E-state index contributed by atoms with van der Waals surface area (Å²) in [5.74, 6) is -0.447. The lowest BCUT2D eigenvalue weighted by Crippen LogP contribution is -2.45. The van der Waals surface area contributed by atoms with Gasteiger partial charge in [-0.1, -0.05) is 35.9 Å². The van der Waals surface area contributed by atoms with Crippen LogP contribution >= 0.6 is 0 Å². The lowest BCUT2D eigenvalue weighted by atomic mass is 10.2. The highest BCUT2D eigenvalue weighted by atomic mass is 16.5. The number of para-hydroxylation sites is 1. The Bertz CT molecular complexity index is 916. The zero-order valence-corrected chi connectivity index (χ0v) is 18.0. The number of aryl methyl sites for hydroxylation is 1. The number of nitrogens with zero attached hydrogens (tertiary/aromatic N) is 1. The highest BCUT2D eigenvalue weighted by molar-refractivity contribution is 5.88. The van der Waals surface area contributed by atoms with Crippen molar-refractivity contribution in [2.45, 2.75) is 38.3 Å². The van der Waals surface area contributed by atoms with Crippen LogP contribution in [0.25, 0.3) is 0 Å². The summed E-state index contributed by atoms with van der Waals surface area (Å²) in [5.41, 5.74) is 1.09. The van der Waals surface area contributed by atoms with Crippen LogP contribution in [0, 0.1) is 6.92 Å². The number of ether oxygens (including phenoxy) is 2. The molecule has 0 saturated carbocycles. The summed E-state index contributed by atoms with van der Waals surface area (Å²) in [4.78, 5) is 37.5. The van der Waals surface area contributed by atoms with Gasteiger partial charge in [0.2, 0.25) is 11.8 Å². The zero-order valence-electron chi connectivity index (χ0n) is 18.0. The van der Waals surface area contributed by atoms with Gasteiger partial charge in [-0.25, -0.2) is 4.79 Å². The maximum atomic E-state index is 12.6. The fourth-order valence-electron chi connectivity index (χ4n) is 3.51. The second-order valence-corrected chi connectivity index (χ2v) is 7.73. The molecular weight excluding hydrogens is 412 g/mol. The molecule has 32 heavy (non-hydrogen) atoms. The van der Waals surface area contributed by atoms with Crippen LogP contribution in [0.15, 0.2) is 54.6 Å². The molecule has 1 saturated heterocycles. The van der Waals surface area contributed by atoms with Gasteiger partial charge < -0.3 is 24.8 Å². The number of likely N-dealkylation sites (tertiary alicyclic amines) is 1. The molecule has 2 atom stereocenters. The van der Waals surface area contributed by atoms with Crippen LogP contribution < -0.4 is 14.8 Å². The van der Waals surface area contributed by atoms with Crippen LogP contribution in [0.5, 0.6) is 11.5 Å². The predicted octanol–water partition coefficient (Wildman–Crippen LogP) is 2.40. The average Bonchev–Trinajstić information content (AvgIpc) is 3.22. The summed E-state index contributed by atoms with van der Waals surface area (Å²) in [6.07, 6.45) is 0.484. The number of hydrogen-bond acceptors (Lipinski definition) is 5. The quantitative estimate of drug-likeness (QED) is 0.550. The van der Waals surface area contributed by atoms with Gasteiger partial charge >= 0.3 is 5.97 Å². The molecule has 170 valence electrons. The first-order valence-corrected chi connectivity index (χ1v) is 10.6. The molecule has 2 N–H and O–H groups in total. The highest BCUT2D eigenvalue weighted by Gasteiger charge is 2.40. The van der Waals surface area contributed by atoms with Crippen molar-refractivity contribution in [1.82, 2.24) is 10.2 Å². The predicted molar refractivity (Wildman–Crippen MR) is 118 cm³/mol. The van der Waals surface area contributed by atoms with E-state index in [4.69, 9.17) is 9.47 Å². The fraction of sp³-hybridized carbons (Fsp3) is 0.375. The van der Waals surface area contributed by atoms with Gasteiger partial charge in [0.1, 0.15) is 23.6 Å². The Balaban J connectivity index is 1.42. The number of rotatable bonds is 10. The number of aliphatic carboxylic acids is 1. The van der Waals surface area contributed by atoms with Gasteiger partial charge in [-0.3, -0.25) is 9.59 Å². The van der Waals surface area contributed by atoms with Crippen molar-refractivity contribution in [1.29, 1.82) is 0 Å². The van der Waals surface area contributed by atoms with E-state index in [9.17, 15) is 19.5 Å². The van der Waals surface area contributed by atoms with Gasteiger partial charge in [-0.05, 0) is 37.6 Å². The minimum Gasteiger partial charge on any atom is -0.494 e. The van der Waals surface area contributed by atoms with Crippen LogP contribution in [-0.2, 0) is 14.4 Å². The molecule has 0 bridgehead atoms. The summed E-state index contributed by atoms with van der Waals surface area (Å²) in [5, 5.41) is 12.1. The molecule has 0 aromatic heterocycles. The molecule has 8 nitrogen and oxygen atoms in total. The number of amides is 2. The largest absolute Gasteiger partial charge is 0.494 e. The van der Waals surface area contributed by atoms with Crippen LogP contribution in [-0.4, -0.2) is 59.6 Å². The van der Waals surface area contributed by atoms with E-state index in [0.717, 1.165) is 11.3 Å². The lowest BCUT2D eigenvalue weighted by Gasteiger charge is -2.21. The average molecular weight is 440 g/mol.